The minimum Gasteiger partial charge on any atom is -0.402 e. The summed E-state index contributed by atoms with van der Waals surface area (Å²) in [5.41, 5.74) is -0.0304. The van der Waals surface area contributed by atoms with Crippen LogP contribution >= 0.6 is 0 Å². The van der Waals surface area contributed by atoms with E-state index in [0.717, 1.165) is 36.8 Å². The average Bonchev–Trinajstić information content (AvgIpc) is 2.40. The summed E-state index contributed by atoms with van der Waals surface area (Å²) in [5.74, 6) is -0.239. The van der Waals surface area contributed by atoms with Gasteiger partial charge in [0.1, 0.15) is 11.5 Å². The molecule has 1 heterocycles. The zero-order chi connectivity index (χ0) is 17.3. The molecule has 0 aliphatic carbocycles. The van der Waals surface area contributed by atoms with E-state index in [1.807, 2.05) is 0 Å². The molecule has 1 aliphatic rings. The highest BCUT2D eigenvalue weighted by Gasteiger charge is 2.39. The molecular formula is C14H15F6O2S+. The van der Waals surface area contributed by atoms with Crippen molar-refractivity contribution in [3.8, 4) is 11.5 Å². The number of halogens is 6. The monoisotopic (exact) mass is 361 g/mol. The van der Waals surface area contributed by atoms with Crippen LogP contribution in [0.25, 0.3) is 0 Å². The second-order valence-electron chi connectivity index (χ2n) is 5.12. The van der Waals surface area contributed by atoms with Crippen molar-refractivity contribution in [1.82, 2.24) is 0 Å². The molecule has 0 amide bonds. The van der Waals surface area contributed by atoms with Gasteiger partial charge in [-0.25, -0.2) is 0 Å². The average molecular weight is 361 g/mol. The number of benzene rings is 1. The molecule has 0 N–H and O–H groups in total. The molecule has 0 saturated carbocycles. The third-order valence-corrected chi connectivity index (χ3v) is 5.74. The third-order valence-electron chi connectivity index (χ3n) is 3.27. The molecule has 2 rings (SSSR count). The van der Waals surface area contributed by atoms with Gasteiger partial charge in [-0.2, -0.15) is 0 Å². The summed E-state index contributed by atoms with van der Waals surface area (Å²) < 4.78 is 82.3. The predicted molar refractivity (Wildman–Crippen MR) is 73.8 cm³/mol. The quantitative estimate of drug-likeness (QED) is 0.560. The standard InChI is InChI=1S/C14H15F6O2S/c1-9-7-10(23-5-3-2-4-6-23)8-11(21-13(15,16)17)12(9)22-14(18,19)20/h7-8H,2-6H2,1H3/q+1. The molecule has 1 aliphatic heterocycles. The van der Waals surface area contributed by atoms with Gasteiger partial charge in [-0.05, 0) is 26.2 Å². The fourth-order valence-corrected chi connectivity index (χ4v) is 4.79. The van der Waals surface area contributed by atoms with Crippen LogP contribution < -0.4 is 9.47 Å². The first-order chi connectivity index (χ1) is 10.6. The van der Waals surface area contributed by atoms with Crippen molar-refractivity contribution >= 4 is 10.9 Å². The lowest BCUT2D eigenvalue weighted by Crippen LogP contribution is -2.23. The van der Waals surface area contributed by atoms with E-state index in [1.54, 1.807) is 0 Å². The van der Waals surface area contributed by atoms with Gasteiger partial charge in [0, 0.05) is 28.6 Å². The van der Waals surface area contributed by atoms with Crippen LogP contribution in [-0.2, 0) is 10.9 Å². The van der Waals surface area contributed by atoms with Gasteiger partial charge in [0.25, 0.3) is 0 Å². The van der Waals surface area contributed by atoms with Crippen LogP contribution in [0.5, 0.6) is 11.5 Å². The third kappa shape index (κ3) is 5.40. The highest BCUT2D eigenvalue weighted by Crippen LogP contribution is 2.41. The number of hydrogen-bond acceptors (Lipinski definition) is 2. The zero-order valence-electron chi connectivity index (χ0n) is 12.2. The van der Waals surface area contributed by atoms with E-state index >= 15 is 0 Å². The van der Waals surface area contributed by atoms with E-state index in [1.165, 1.54) is 13.0 Å². The maximum Gasteiger partial charge on any atom is 0.573 e. The van der Waals surface area contributed by atoms with Gasteiger partial charge in [0.15, 0.2) is 16.4 Å². The molecule has 1 saturated heterocycles. The fraction of sp³-hybridized carbons (Fsp3) is 0.571. The number of aryl methyl sites for hydroxylation is 1. The van der Waals surface area contributed by atoms with Crippen LogP contribution in [0.1, 0.15) is 24.8 Å². The van der Waals surface area contributed by atoms with Crippen molar-refractivity contribution in [2.24, 2.45) is 0 Å². The molecule has 9 heteroatoms. The SMILES string of the molecule is Cc1cc([S+]2CCCCC2)cc(OC(F)(F)F)c1OC(F)(F)F. The van der Waals surface area contributed by atoms with E-state index in [4.69, 9.17) is 0 Å². The summed E-state index contributed by atoms with van der Waals surface area (Å²) in [4.78, 5) is 0.580. The molecule has 0 atom stereocenters. The Bertz CT molecular complexity index is 549. The smallest absolute Gasteiger partial charge is 0.402 e. The summed E-state index contributed by atoms with van der Waals surface area (Å²) in [6.45, 7) is 1.28. The lowest BCUT2D eigenvalue weighted by molar-refractivity contribution is -0.287. The Morgan fingerprint density at radius 2 is 1.43 bits per heavy atom. The van der Waals surface area contributed by atoms with E-state index in [0.29, 0.717) is 4.90 Å². The molecule has 1 aromatic rings. The van der Waals surface area contributed by atoms with Gasteiger partial charge >= 0.3 is 12.7 Å². The predicted octanol–water partition coefficient (Wildman–Crippen LogP) is 4.95. The molecular weight excluding hydrogens is 346 g/mol. The Kier molecular flexibility index (Phi) is 5.27. The molecule has 0 spiro atoms. The van der Waals surface area contributed by atoms with E-state index < -0.39 is 24.2 Å². The molecule has 1 fully saturated rings. The Labute approximate surface area is 132 Å². The topological polar surface area (TPSA) is 18.5 Å². The molecule has 0 bridgehead atoms. The lowest BCUT2D eigenvalue weighted by Gasteiger charge is -2.19. The van der Waals surface area contributed by atoms with Crippen molar-refractivity contribution in [1.29, 1.82) is 0 Å². The summed E-state index contributed by atoms with van der Waals surface area (Å²) in [7, 11) is -0.273. The minimum atomic E-state index is -5.09. The Balaban J connectivity index is 2.40. The van der Waals surface area contributed by atoms with Crippen LogP contribution in [0.4, 0.5) is 26.3 Å². The number of rotatable bonds is 3. The van der Waals surface area contributed by atoms with Crippen molar-refractivity contribution in [3.63, 3.8) is 0 Å². The zero-order valence-corrected chi connectivity index (χ0v) is 13.0. The molecule has 130 valence electrons. The maximum absolute atomic E-state index is 12.5. The normalized spacial score (nSPS) is 17.2. The Morgan fingerprint density at radius 1 is 0.870 bits per heavy atom. The lowest BCUT2D eigenvalue weighted by atomic mass is 10.2. The van der Waals surface area contributed by atoms with Crippen molar-refractivity contribution < 1.29 is 35.8 Å². The molecule has 0 aromatic heterocycles. The van der Waals surface area contributed by atoms with E-state index in [2.05, 4.69) is 9.47 Å². The van der Waals surface area contributed by atoms with Gasteiger partial charge in [0.05, 0.1) is 0 Å². The van der Waals surface area contributed by atoms with Gasteiger partial charge < -0.3 is 9.47 Å². The maximum atomic E-state index is 12.5. The number of alkyl halides is 6. The highest BCUT2D eigenvalue weighted by molar-refractivity contribution is 7.96. The molecule has 0 unspecified atom stereocenters. The number of ether oxygens (including phenoxy) is 2. The molecule has 1 aromatic carbocycles. The van der Waals surface area contributed by atoms with E-state index in [9.17, 15) is 26.3 Å². The van der Waals surface area contributed by atoms with Gasteiger partial charge in [-0.3, -0.25) is 0 Å². The second-order valence-corrected chi connectivity index (χ2v) is 7.40. The van der Waals surface area contributed by atoms with Crippen molar-refractivity contribution in [3.05, 3.63) is 17.7 Å². The van der Waals surface area contributed by atoms with Gasteiger partial charge in [0.2, 0.25) is 0 Å². The van der Waals surface area contributed by atoms with Crippen LogP contribution in [0, 0.1) is 6.92 Å². The van der Waals surface area contributed by atoms with Gasteiger partial charge in [-0.15, -0.1) is 26.3 Å². The second kappa shape index (κ2) is 6.70. The largest absolute Gasteiger partial charge is 0.573 e. The van der Waals surface area contributed by atoms with Crippen LogP contribution in [0.3, 0.4) is 0 Å². The fourth-order valence-electron chi connectivity index (χ4n) is 2.39. The summed E-state index contributed by atoms with van der Waals surface area (Å²) in [6, 6.07) is 2.48. The first-order valence-corrected chi connectivity index (χ1v) is 8.45. The molecule has 2 nitrogen and oxygen atoms in total. The van der Waals surface area contributed by atoms with Gasteiger partial charge in [-0.1, -0.05) is 0 Å². The van der Waals surface area contributed by atoms with Crippen LogP contribution in [-0.4, -0.2) is 24.2 Å². The first-order valence-electron chi connectivity index (χ1n) is 6.89. The summed E-state index contributed by atoms with van der Waals surface area (Å²) >= 11 is 0. The summed E-state index contributed by atoms with van der Waals surface area (Å²) in [6.07, 6.45) is -7.21. The van der Waals surface area contributed by atoms with Crippen LogP contribution in [0.15, 0.2) is 17.0 Å². The highest BCUT2D eigenvalue weighted by atomic mass is 32.2. The van der Waals surface area contributed by atoms with Crippen molar-refractivity contribution in [2.45, 2.75) is 43.8 Å². The van der Waals surface area contributed by atoms with Crippen molar-refractivity contribution in [2.75, 3.05) is 11.5 Å². The Hall–Kier alpha value is -1.25. The molecule has 23 heavy (non-hydrogen) atoms. The summed E-state index contributed by atoms with van der Waals surface area (Å²) in [5, 5.41) is 0. The Morgan fingerprint density at radius 3 is 1.96 bits per heavy atom. The van der Waals surface area contributed by atoms with E-state index in [-0.39, 0.29) is 16.5 Å². The van der Waals surface area contributed by atoms with Crippen LogP contribution in [0.2, 0.25) is 0 Å². The first kappa shape index (κ1) is 18.1. The minimum absolute atomic E-state index is 0.0304. The number of hydrogen-bond donors (Lipinski definition) is 0. The molecule has 0 radical (unpaired) electrons.